The Kier molecular flexibility index (Phi) is 4.68. The van der Waals surface area contributed by atoms with Crippen LogP contribution in [0.4, 0.5) is 5.69 Å². The first-order chi connectivity index (χ1) is 9.56. The molecular formula is C14H18N2O4. The van der Waals surface area contributed by atoms with E-state index in [2.05, 4.69) is 11.9 Å². The first-order valence-corrected chi connectivity index (χ1v) is 6.66. The molecular weight excluding hydrogens is 260 g/mol. The minimum atomic E-state index is -0.493. The van der Waals surface area contributed by atoms with Gasteiger partial charge in [0.25, 0.3) is 5.69 Å². The molecule has 108 valence electrons. The summed E-state index contributed by atoms with van der Waals surface area (Å²) in [5.41, 5.74) is 0.315. The van der Waals surface area contributed by atoms with E-state index in [0.717, 1.165) is 25.9 Å². The van der Waals surface area contributed by atoms with Crippen molar-refractivity contribution in [2.45, 2.75) is 12.8 Å². The van der Waals surface area contributed by atoms with Gasteiger partial charge in [-0.3, -0.25) is 10.1 Å². The van der Waals surface area contributed by atoms with E-state index in [1.165, 1.54) is 24.3 Å². The molecule has 0 N–H and O–H groups in total. The molecule has 1 heterocycles. The Morgan fingerprint density at radius 2 is 2.15 bits per heavy atom. The zero-order chi connectivity index (χ0) is 14.5. The fraction of sp³-hybridized carbons (Fsp3) is 0.500. The molecule has 0 saturated carbocycles. The number of nitro benzene ring substituents is 1. The number of non-ortho nitro benzene ring substituents is 1. The maximum Gasteiger partial charge on any atom is 0.338 e. The lowest BCUT2D eigenvalue weighted by Crippen LogP contribution is -2.34. The first-order valence-electron chi connectivity index (χ1n) is 6.66. The van der Waals surface area contributed by atoms with Crippen LogP contribution in [-0.4, -0.2) is 42.5 Å². The van der Waals surface area contributed by atoms with Gasteiger partial charge in [-0.1, -0.05) is 0 Å². The summed E-state index contributed by atoms with van der Waals surface area (Å²) < 4.78 is 5.28. The lowest BCUT2D eigenvalue weighted by molar-refractivity contribution is -0.384. The van der Waals surface area contributed by atoms with Crippen molar-refractivity contribution >= 4 is 11.7 Å². The zero-order valence-electron chi connectivity index (χ0n) is 11.4. The van der Waals surface area contributed by atoms with E-state index in [0.29, 0.717) is 18.1 Å². The van der Waals surface area contributed by atoms with Crippen molar-refractivity contribution in [2.75, 3.05) is 26.7 Å². The van der Waals surface area contributed by atoms with Crippen LogP contribution in [0.3, 0.4) is 0 Å². The molecule has 0 bridgehead atoms. The molecule has 1 aromatic carbocycles. The topological polar surface area (TPSA) is 72.7 Å². The van der Waals surface area contributed by atoms with Gasteiger partial charge in [0.05, 0.1) is 17.1 Å². The molecule has 0 spiro atoms. The zero-order valence-corrected chi connectivity index (χ0v) is 11.4. The number of ether oxygens (including phenoxy) is 1. The van der Waals surface area contributed by atoms with E-state index in [9.17, 15) is 14.9 Å². The molecule has 1 atom stereocenters. The van der Waals surface area contributed by atoms with Crippen molar-refractivity contribution in [3.63, 3.8) is 0 Å². The second kappa shape index (κ2) is 6.47. The number of hydrogen-bond acceptors (Lipinski definition) is 5. The molecule has 1 unspecified atom stereocenters. The summed E-state index contributed by atoms with van der Waals surface area (Å²) in [7, 11) is 2.06. The molecule has 20 heavy (non-hydrogen) atoms. The Bertz CT molecular complexity index is 486. The highest BCUT2D eigenvalue weighted by Gasteiger charge is 2.19. The molecule has 0 aromatic heterocycles. The summed E-state index contributed by atoms with van der Waals surface area (Å²) >= 11 is 0. The van der Waals surface area contributed by atoms with Gasteiger partial charge in [-0.25, -0.2) is 4.79 Å². The molecule has 1 aromatic rings. The Labute approximate surface area is 117 Å². The molecule has 6 heteroatoms. The van der Waals surface area contributed by atoms with E-state index >= 15 is 0 Å². The van der Waals surface area contributed by atoms with Crippen LogP contribution in [0.15, 0.2) is 24.3 Å². The number of carbonyl (C=O) groups is 1. The predicted molar refractivity (Wildman–Crippen MR) is 73.6 cm³/mol. The number of likely N-dealkylation sites (tertiary alicyclic amines) is 1. The highest BCUT2D eigenvalue weighted by Crippen LogP contribution is 2.17. The summed E-state index contributed by atoms with van der Waals surface area (Å²) in [4.78, 5) is 24.1. The van der Waals surface area contributed by atoms with Crippen LogP contribution in [0, 0.1) is 16.0 Å². The minimum absolute atomic E-state index is 0.0320. The molecule has 1 saturated heterocycles. The van der Waals surface area contributed by atoms with Crippen molar-refractivity contribution < 1.29 is 14.5 Å². The molecule has 0 aliphatic carbocycles. The monoisotopic (exact) mass is 278 g/mol. The lowest BCUT2D eigenvalue weighted by atomic mass is 9.99. The second-order valence-corrected chi connectivity index (χ2v) is 5.17. The fourth-order valence-electron chi connectivity index (χ4n) is 2.41. The number of rotatable bonds is 4. The summed E-state index contributed by atoms with van der Waals surface area (Å²) in [5.74, 6) is -0.0520. The number of nitrogens with zero attached hydrogens (tertiary/aromatic N) is 2. The molecule has 0 amide bonds. The van der Waals surface area contributed by atoms with E-state index in [1.807, 2.05) is 0 Å². The van der Waals surface area contributed by atoms with Crippen molar-refractivity contribution in [3.8, 4) is 0 Å². The molecule has 0 radical (unpaired) electrons. The molecule has 1 aliphatic heterocycles. The highest BCUT2D eigenvalue weighted by atomic mass is 16.6. The third kappa shape index (κ3) is 3.77. The summed E-state index contributed by atoms with van der Waals surface area (Å²) in [6.07, 6.45) is 2.19. The highest BCUT2D eigenvalue weighted by molar-refractivity contribution is 5.89. The molecule has 2 rings (SSSR count). The average molecular weight is 278 g/mol. The van der Waals surface area contributed by atoms with Crippen LogP contribution in [0.1, 0.15) is 23.2 Å². The average Bonchev–Trinajstić information content (AvgIpc) is 2.45. The van der Waals surface area contributed by atoms with Gasteiger partial charge in [-0.05, 0) is 38.6 Å². The maximum atomic E-state index is 11.8. The summed E-state index contributed by atoms with van der Waals surface area (Å²) in [6.45, 7) is 2.43. The number of esters is 1. The van der Waals surface area contributed by atoms with Gasteiger partial charge in [0.2, 0.25) is 0 Å². The van der Waals surface area contributed by atoms with Crippen LogP contribution in [0.5, 0.6) is 0 Å². The van der Waals surface area contributed by atoms with E-state index in [1.54, 1.807) is 0 Å². The summed E-state index contributed by atoms with van der Waals surface area (Å²) in [5, 5.41) is 10.5. The predicted octanol–water partition coefficient (Wildman–Crippen LogP) is 2.09. The second-order valence-electron chi connectivity index (χ2n) is 5.17. The van der Waals surface area contributed by atoms with Crippen molar-refractivity contribution in [1.29, 1.82) is 0 Å². The SMILES string of the molecule is CN1CCCC(COC(=O)c2ccc([N+](=O)[O-])cc2)C1. The molecule has 1 fully saturated rings. The lowest BCUT2D eigenvalue weighted by Gasteiger charge is -2.29. The number of nitro groups is 1. The van der Waals surface area contributed by atoms with Crippen LogP contribution >= 0.6 is 0 Å². The Morgan fingerprint density at radius 1 is 1.45 bits per heavy atom. The number of piperidine rings is 1. The van der Waals surface area contributed by atoms with Crippen molar-refractivity contribution in [2.24, 2.45) is 5.92 Å². The Balaban J connectivity index is 1.86. The van der Waals surface area contributed by atoms with Gasteiger partial charge in [-0.15, -0.1) is 0 Å². The molecule has 6 nitrogen and oxygen atoms in total. The van der Waals surface area contributed by atoms with Crippen LogP contribution in [0.2, 0.25) is 0 Å². The van der Waals surface area contributed by atoms with E-state index in [4.69, 9.17) is 4.74 Å². The van der Waals surface area contributed by atoms with Crippen molar-refractivity contribution in [3.05, 3.63) is 39.9 Å². The van der Waals surface area contributed by atoms with Gasteiger partial charge in [0.15, 0.2) is 0 Å². The first kappa shape index (κ1) is 14.5. The smallest absolute Gasteiger partial charge is 0.338 e. The van der Waals surface area contributed by atoms with E-state index in [-0.39, 0.29) is 5.69 Å². The van der Waals surface area contributed by atoms with Gasteiger partial charge in [0, 0.05) is 24.6 Å². The summed E-state index contributed by atoms with van der Waals surface area (Å²) in [6, 6.07) is 5.47. The minimum Gasteiger partial charge on any atom is -0.462 e. The van der Waals surface area contributed by atoms with Crippen LogP contribution in [0.25, 0.3) is 0 Å². The van der Waals surface area contributed by atoms with Crippen LogP contribution < -0.4 is 0 Å². The molecule has 1 aliphatic rings. The normalized spacial score (nSPS) is 19.6. The van der Waals surface area contributed by atoms with Gasteiger partial charge in [-0.2, -0.15) is 0 Å². The van der Waals surface area contributed by atoms with E-state index < -0.39 is 10.9 Å². The Hall–Kier alpha value is -1.95. The van der Waals surface area contributed by atoms with Crippen molar-refractivity contribution in [1.82, 2.24) is 4.90 Å². The number of hydrogen-bond donors (Lipinski definition) is 0. The quantitative estimate of drug-likeness (QED) is 0.479. The Morgan fingerprint density at radius 3 is 2.75 bits per heavy atom. The van der Waals surface area contributed by atoms with Gasteiger partial charge < -0.3 is 9.64 Å². The number of benzene rings is 1. The van der Waals surface area contributed by atoms with Gasteiger partial charge in [0.1, 0.15) is 0 Å². The third-order valence-electron chi connectivity index (χ3n) is 3.49. The van der Waals surface area contributed by atoms with Gasteiger partial charge >= 0.3 is 5.97 Å². The standard InChI is InChI=1S/C14H18N2O4/c1-15-8-2-3-11(9-15)10-20-14(17)12-4-6-13(7-5-12)16(18)19/h4-7,11H,2-3,8-10H2,1H3. The third-order valence-corrected chi connectivity index (χ3v) is 3.49. The maximum absolute atomic E-state index is 11.8. The largest absolute Gasteiger partial charge is 0.462 e. The fourth-order valence-corrected chi connectivity index (χ4v) is 2.41. The number of carbonyl (C=O) groups excluding carboxylic acids is 1. The van der Waals surface area contributed by atoms with Crippen LogP contribution in [-0.2, 0) is 4.74 Å².